The molecule has 1 aromatic carbocycles. The molecule has 0 saturated carbocycles. The lowest BCUT2D eigenvalue weighted by atomic mass is 9.89. The van der Waals surface area contributed by atoms with Crippen LogP contribution in [0, 0.1) is 0 Å². The second-order valence-corrected chi connectivity index (χ2v) is 4.33. The molecule has 0 saturated heterocycles. The largest absolute Gasteiger partial charge is 0.395 e. The van der Waals surface area contributed by atoms with Crippen molar-refractivity contribution in [2.75, 3.05) is 18.0 Å². The van der Waals surface area contributed by atoms with E-state index in [1.54, 1.807) is 23.1 Å². The first-order valence-corrected chi connectivity index (χ1v) is 5.58. The van der Waals surface area contributed by atoms with Gasteiger partial charge in [0.15, 0.2) is 0 Å². The number of amides is 1. The van der Waals surface area contributed by atoms with Crippen LogP contribution in [0.3, 0.4) is 0 Å². The van der Waals surface area contributed by atoms with Crippen molar-refractivity contribution < 1.29 is 18.0 Å². The summed E-state index contributed by atoms with van der Waals surface area (Å²) in [4.78, 5) is 12.5. The van der Waals surface area contributed by atoms with E-state index in [1.807, 2.05) is 0 Å². The van der Waals surface area contributed by atoms with E-state index in [-0.39, 0.29) is 25.1 Å². The molecule has 0 radical (unpaired) electrons. The van der Waals surface area contributed by atoms with E-state index in [4.69, 9.17) is 5.73 Å². The summed E-state index contributed by atoms with van der Waals surface area (Å²) in [5.41, 5.74) is 5.77. The highest BCUT2D eigenvalue weighted by Gasteiger charge is 2.44. The van der Waals surface area contributed by atoms with E-state index in [0.717, 1.165) is 0 Å². The Labute approximate surface area is 102 Å². The standard InChI is InChI=1S/C12H13F3N2O/c13-12(14,15)9-5-6-17(7-11(16)18)10-4-2-1-3-8(9)10/h1-4,9H,5-7H2,(H2,16,18)/t9-/m0/s1. The number of benzene rings is 1. The summed E-state index contributed by atoms with van der Waals surface area (Å²) in [6, 6.07) is 6.29. The van der Waals surface area contributed by atoms with Gasteiger partial charge in [-0.05, 0) is 18.1 Å². The molecule has 18 heavy (non-hydrogen) atoms. The first-order chi connectivity index (χ1) is 8.39. The summed E-state index contributed by atoms with van der Waals surface area (Å²) in [5, 5.41) is 0. The summed E-state index contributed by atoms with van der Waals surface area (Å²) in [5.74, 6) is -2.01. The third-order valence-corrected chi connectivity index (χ3v) is 3.08. The fraction of sp³-hybridized carbons (Fsp3) is 0.417. The first kappa shape index (κ1) is 12.7. The van der Waals surface area contributed by atoms with Gasteiger partial charge in [-0.2, -0.15) is 13.2 Å². The zero-order valence-electron chi connectivity index (χ0n) is 9.57. The maximum Gasteiger partial charge on any atom is 0.395 e. The first-order valence-electron chi connectivity index (χ1n) is 5.58. The Morgan fingerprint density at radius 1 is 1.39 bits per heavy atom. The molecule has 0 unspecified atom stereocenters. The third-order valence-electron chi connectivity index (χ3n) is 3.08. The van der Waals surface area contributed by atoms with Crippen LogP contribution >= 0.6 is 0 Å². The number of hydrogen-bond donors (Lipinski definition) is 1. The molecular formula is C12H13F3N2O. The van der Waals surface area contributed by atoms with Crippen LogP contribution in [0.5, 0.6) is 0 Å². The molecule has 1 atom stereocenters. The van der Waals surface area contributed by atoms with Crippen molar-refractivity contribution in [1.29, 1.82) is 0 Å². The number of fused-ring (bicyclic) bond motifs is 1. The molecule has 0 aromatic heterocycles. The monoisotopic (exact) mass is 258 g/mol. The SMILES string of the molecule is NC(=O)CN1CC[C@H](C(F)(F)F)c2ccccc21. The fourth-order valence-electron chi connectivity index (χ4n) is 2.32. The Kier molecular flexibility index (Phi) is 3.19. The van der Waals surface area contributed by atoms with Gasteiger partial charge in [0.05, 0.1) is 12.5 Å². The van der Waals surface area contributed by atoms with Crippen molar-refractivity contribution in [2.45, 2.75) is 18.5 Å². The van der Waals surface area contributed by atoms with Crippen molar-refractivity contribution in [3.8, 4) is 0 Å². The minimum absolute atomic E-state index is 0.0478. The van der Waals surface area contributed by atoms with E-state index in [1.165, 1.54) is 6.07 Å². The summed E-state index contributed by atoms with van der Waals surface area (Å²) in [6.45, 7) is 0.131. The second kappa shape index (κ2) is 4.51. The van der Waals surface area contributed by atoms with Gasteiger partial charge in [-0.15, -0.1) is 0 Å². The Balaban J connectivity index is 2.37. The average Bonchev–Trinajstić information content (AvgIpc) is 2.27. The molecule has 1 amide bonds. The number of hydrogen-bond acceptors (Lipinski definition) is 2. The van der Waals surface area contributed by atoms with Crippen LogP contribution in [-0.4, -0.2) is 25.2 Å². The molecule has 98 valence electrons. The highest BCUT2D eigenvalue weighted by molar-refractivity contribution is 5.80. The fourth-order valence-corrected chi connectivity index (χ4v) is 2.32. The summed E-state index contributed by atoms with van der Waals surface area (Å²) in [6.07, 6.45) is -4.30. The maximum absolute atomic E-state index is 12.9. The number of alkyl halides is 3. The molecule has 1 heterocycles. The van der Waals surface area contributed by atoms with Gasteiger partial charge in [0, 0.05) is 12.2 Å². The predicted molar refractivity (Wildman–Crippen MR) is 61.3 cm³/mol. The molecule has 0 aliphatic carbocycles. The Morgan fingerprint density at radius 2 is 2.06 bits per heavy atom. The predicted octanol–water partition coefficient (Wildman–Crippen LogP) is 2.03. The van der Waals surface area contributed by atoms with Crippen molar-refractivity contribution in [3.63, 3.8) is 0 Å². The number of carbonyl (C=O) groups is 1. The lowest BCUT2D eigenvalue weighted by Gasteiger charge is -2.35. The number of anilines is 1. The zero-order chi connectivity index (χ0) is 13.3. The van der Waals surface area contributed by atoms with E-state index < -0.39 is 18.0 Å². The molecule has 0 bridgehead atoms. The van der Waals surface area contributed by atoms with Gasteiger partial charge in [-0.1, -0.05) is 18.2 Å². The summed E-state index contributed by atoms with van der Waals surface area (Å²) in [7, 11) is 0. The highest BCUT2D eigenvalue weighted by Crippen LogP contribution is 2.44. The number of carbonyl (C=O) groups excluding carboxylic acids is 1. The van der Waals surface area contributed by atoms with Crippen LogP contribution in [-0.2, 0) is 4.79 Å². The van der Waals surface area contributed by atoms with Crippen molar-refractivity contribution >= 4 is 11.6 Å². The number of halogens is 3. The van der Waals surface area contributed by atoms with Crippen LogP contribution in [0.15, 0.2) is 24.3 Å². The number of rotatable bonds is 2. The third kappa shape index (κ3) is 2.42. The Hall–Kier alpha value is -1.72. The Morgan fingerprint density at radius 3 is 2.67 bits per heavy atom. The molecule has 0 fully saturated rings. The van der Waals surface area contributed by atoms with Gasteiger partial charge in [-0.3, -0.25) is 4.79 Å². The molecular weight excluding hydrogens is 245 g/mol. The zero-order valence-corrected chi connectivity index (χ0v) is 9.57. The van der Waals surface area contributed by atoms with Gasteiger partial charge in [0.25, 0.3) is 0 Å². The van der Waals surface area contributed by atoms with E-state index in [2.05, 4.69) is 0 Å². The Bertz CT molecular complexity index is 459. The van der Waals surface area contributed by atoms with Crippen LogP contribution < -0.4 is 10.6 Å². The van der Waals surface area contributed by atoms with Crippen LogP contribution in [0.2, 0.25) is 0 Å². The van der Waals surface area contributed by atoms with Crippen LogP contribution in [0.1, 0.15) is 17.9 Å². The lowest BCUT2D eigenvalue weighted by Crippen LogP contribution is -2.40. The smallest absolute Gasteiger partial charge is 0.368 e. The summed E-state index contributed by atoms with van der Waals surface area (Å²) < 4.78 is 38.7. The van der Waals surface area contributed by atoms with Crippen molar-refractivity contribution in [1.82, 2.24) is 0 Å². The average molecular weight is 258 g/mol. The minimum Gasteiger partial charge on any atom is -0.368 e. The number of nitrogens with zero attached hydrogens (tertiary/aromatic N) is 1. The second-order valence-electron chi connectivity index (χ2n) is 4.33. The maximum atomic E-state index is 12.9. The van der Waals surface area contributed by atoms with Crippen molar-refractivity contribution in [2.24, 2.45) is 5.73 Å². The molecule has 3 nitrogen and oxygen atoms in total. The normalized spacial score (nSPS) is 19.5. The molecule has 0 spiro atoms. The van der Waals surface area contributed by atoms with Gasteiger partial charge in [0.2, 0.25) is 5.91 Å². The van der Waals surface area contributed by atoms with E-state index in [9.17, 15) is 18.0 Å². The minimum atomic E-state index is -4.26. The summed E-state index contributed by atoms with van der Waals surface area (Å²) >= 11 is 0. The van der Waals surface area contributed by atoms with E-state index >= 15 is 0 Å². The molecule has 6 heteroatoms. The van der Waals surface area contributed by atoms with Gasteiger partial charge in [-0.25, -0.2) is 0 Å². The van der Waals surface area contributed by atoms with Crippen molar-refractivity contribution in [3.05, 3.63) is 29.8 Å². The quantitative estimate of drug-likeness (QED) is 0.882. The molecule has 2 rings (SSSR count). The van der Waals surface area contributed by atoms with Crippen LogP contribution in [0.25, 0.3) is 0 Å². The topological polar surface area (TPSA) is 46.3 Å². The lowest BCUT2D eigenvalue weighted by molar-refractivity contribution is -0.152. The number of primary amides is 1. The van der Waals surface area contributed by atoms with Gasteiger partial charge < -0.3 is 10.6 Å². The highest BCUT2D eigenvalue weighted by atomic mass is 19.4. The number of nitrogens with two attached hydrogens (primary N) is 1. The van der Waals surface area contributed by atoms with Crippen LogP contribution in [0.4, 0.5) is 18.9 Å². The molecule has 1 aromatic rings. The molecule has 2 N–H and O–H groups in total. The number of para-hydroxylation sites is 1. The van der Waals surface area contributed by atoms with E-state index in [0.29, 0.717) is 5.69 Å². The van der Waals surface area contributed by atoms with Gasteiger partial charge >= 0.3 is 6.18 Å². The molecule has 1 aliphatic rings. The van der Waals surface area contributed by atoms with Gasteiger partial charge in [0.1, 0.15) is 0 Å². The molecule has 1 aliphatic heterocycles.